The summed E-state index contributed by atoms with van der Waals surface area (Å²) in [6.07, 6.45) is 5.65. The fourth-order valence-corrected chi connectivity index (χ4v) is 2.11. The first-order chi connectivity index (χ1) is 9.17. The van der Waals surface area contributed by atoms with Gasteiger partial charge in [-0.05, 0) is 45.0 Å². The largest absolute Gasteiger partial charge is 0.313 e. The zero-order valence-corrected chi connectivity index (χ0v) is 12.9. The standard InChI is InChI=1S/C16H29N3/c1-5-7-14(3)19(4)13-16-9-8-15(12-18-16)11-17-10-6-2/h8-9,12,14,17H,5-7,10-11,13H2,1-4H3. The highest BCUT2D eigenvalue weighted by molar-refractivity contribution is 5.14. The molecule has 1 aromatic rings. The van der Waals surface area contributed by atoms with Crippen LogP contribution < -0.4 is 5.32 Å². The first-order valence-corrected chi connectivity index (χ1v) is 7.52. The van der Waals surface area contributed by atoms with Crippen LogP contribution in [-0.4, -0.2) is 29.5 Å². The Morgan fingerprint density at radius 2 is 2.05 bits per heavy atom. The number of hydrogen-bond donors (Lipinski definition) is 1. The van der Waals surface area contributed by atoms with E-state index in [-0.39, 0.29) is 0 Å². The summed E-state index contributed by atoms with van der Waals surface area (Å²) in [5.41, 5.74) is 2.42. The zero-order chi connectivity index (χ0) is 14.1. The van der Waals surface area contributed by atoms with E-state index in [0.717, 1.165) is 25.3 Å². The molecule has 0 fully saturated rings. The molecule has 19 heavy (non-hydrogen) atoms. The minimum Gasteiger partial charge on any atom is -0.313 e. The third-order valence-electron chi connectivity index (χ3n) is 3.51. The number of pyridine rings is 1. The van der Waals surface area contributed by atoms with E-state index in [4.69, 9.17) is 0 Å². The molecular formula is C16H29N3. The molecule has 0 aliphatic heterocycles. The van der Waals surface area contributed by atoms with Crippen molar-refractivity contribution in [3.63, 3.8) is 0 Å². The van der Waals surface area contributed by atoms with Gasteiger partial charge in [-0.2, -0.15) is 0 Å². The highest BCUT2D eigenvalue weighted by Crippen LogP contribution is 2.09. The van der Waals surface area contributed by atoms with Gasteiger partial charge in [-0.3, -0.25) is 9.88 Å². The quantitative estimate of drug-likeness (QED) is 0.693. The van der Waals surface area contributed by atoms with Crippen LogP contribution in [0.3, 0.4) is 0 Å². The van der Waals surface area contributed by atoms with Crippen LogP contribution in [0.5, 0.6) is 0 Å². The maximum absolute atomic E-state index is 4.56. The van der Waals surface area contributed by atoms with Gasteiger partial charge in [-0.1, -0.05) is 26.3 Å². The average Bonchev–Trinajstić information content (AvgIpc) is 2.41. The number of nitrogens with one attached hydrogen (secondary N) is 1. The lowest BCUT2D eigenvalue weighted by atomic mass is 10.1. The predicted octanol–water partition coefficient (Wildman–Crippen LogP) is 3.20. The monoisotopic (exact) mass is 263 g/mol. The number of rotatable bonds is 9. The third kappa shape index (κ3) is 6.17. The van der Waals surface area contributed by atoms with Crippen LogP contribution in [0.25, 0.3) is 0 Å². The summed E-state index contributed by atoms with van der Waals surface area (Å²) in [5.74, 6) is 0. The summed E-state index contributed by atoms with van der Waals surface area (Å²) in [5, 5.41) is 3.40. The van der Waals surface area contributed by atoms with E-state index >= 15 is 0 Å². The Bertz CT molecular complexity index is 334. The van der Waals surface area contributed by atoms with E-state index in [9.17, 15) is 0 Å². The van der Waals surface area contributed by atoms with Crippen LogP contribution in [0.2, 0.25) is 0 Å². The molecule has 1 N–H and O–H groups in total. The van der Waals surface area contributed by atoms with E-state index in [1.54, 1.807) is 0 Å². The molecule has 0 aromatic carbocycles. The molecule has 0 saturated carbocycles. The maximum atomic E-state index is 4.56. The van der Waals surface area contributed by atoms with Crippen LogP contribution in [0.1, 0.15) is 51.3 Å². The predicted molar refractivity (Wildman–Crippen MR) is 82.1 cm³/mol. The maximum Gasteiger partial charge on any atom is 0.0544 e. The van der Waals surface area contributed by atoms with E-state index in [1.807, 2.05) is 6.20 Å². The number of aromatic nitrogens is 1. The summed E-state index contributed by atoms with van der Waals surface area (Å²) in [4.78, 5) is 6.93. The van der Waals surface area contributed by atoms with Crippen molar-refractivity contribution >= 4 is 0 Å². The van der Waals surface area contributed by atoms with E-state index in [1.165, 1.54) is 24.8 Å². The Hall–Kier alpha value is -0.930. The minimum absolute atomic E-state index is 0.623. The molecule has 1 heterocycles. The second-order valence-corrected chi connectivity index (χ2v) is 5.39. The van der Waals surface area contributed by atoms with Crippen LogP contribution in [-0.2, 0) is 13.1 Å². The molecule has 0 amide bonds. The van der Waals surface area contributed by atoms with Crippen molar-refractivity contribution in [2.24, 2.45) is 0 Å². The van der Waals surface area contributed by atoms with Crippen LogP contribution in [0, 0.1) is 0 Å². The number of nitrogens with zero attached hydrogens (tertiary/aromatic N) is 2. The highest BCUT2D eigenvalue weighted by atomic mass is 15.1. The molecule has 1 atom stereocenters. The van der Waals surface area contributed by atoms with Gasteiger partial charge in [0.15, 0.2) is 0 Å². The van der Waals surface area contributed by atoms with Gasteiger partial charge >= 0.3 is 0 Å². The number of hydrogen-bond acceptors (Lipinski definition) is 3. The normalized spacial score (nSPS) is 12.9. The molecule has 3 nitrogen and oxygen atoms in total. The van der Waals surface area contributed by atoms with Crippen LogP contribution in [0.4, 0.5) is 0 Å². The fourth-order valence-electron chi connectivity index (χ4n) is 2.11. The summed E-state index contributed by atoms with van der Waals surface area (Å²) in [6, 6.07) is 4.96. The highest BCUT2D eigenvalue weighted by Gasteiger charge is 2.09. The van der Waals surface area contributed by atoms with Crippen LogP contribution in [0.15, 0.2) is 18.3 Å². The van der Waals surface area contributed by atoms with Crippen molar-refractivity contribution in [1.82, 2.24) is 15.2 Å². The Kier molecular flexibility index (Phi) is 7.68. The molecule has 0 spiro atoms. The molecule has 0 aliphatic rings. The third-order valence-corrected chi connectivity index (χ3v) is 3.51. The van der Waals surface area contributed by atoms with Gasteiger partial charge in [0.25, 0.3) is 0 Å². The van der Waals surface area contributed by atoms with Crippen molar-refractivity contribution in [1.29, 1.82) is 0 Å². The second kappa shape index (κ2) is 9.05. The first-order valence-electron chi connectivity index (χ1n) is 7.52. The van der Waals surface area contributed by atoms with Crippen molar-refractivity contribution in [3.05, 3.63) is 29.6 Å². The van der Waals surface area contributed by atoms with Gasteiger partial charge in [0.05, 0.1) is 5.69 Å². The molecule has 0 radical (unpaired) electrons. The van der Waals surface area contributed by atoms with Crippen molar-refractivity contribution in [2.75, 3.05) is 13.6 Å². The van der Waals surface area contributed by atoms with Crippen molar-refractivity contribution in [2.45, 2.75) is 59.2 Å². The lowest BCUT2D eigenvalue weighted by Crippen LogP contribution is -2.28. The molecule has 1 rings (SSSR count). The smallest absolute Gasteiger partial charge is 0.0544 e. The van der Waals surface area contributed by atoms with E-state index in [2.05, 4.69) is 55.2 Å². The fraction of sp³-hybridized carbons (Fsp3) is 0.688. The summed E-state index contributed by atoms with van der Waals surface area (Å²) >= 11 is 0. The van der Waals surface area contributed by atoms with Gasteiger partial charge in [0.2, 0.25) is 0 Å². The van der Waals surface area contributed by atoms with E-state index < -0.39 is 0 Å². The Morgan fingerprint density at radius 3 is 2.63 bits per heavy atom. The summed E-state index contributed by atoms with van der Waals surface area (Å²) in [7, 11) is 2.18. The molecule has 1 unspecified atom stereocenters. The van der Waals surface area contributed by atoms with Crippen LogP contribution >= 0.6 is 0 Å². The van der Waals surface area contributed by atoms with Gasteiger partial charge in [0, 0.05) is 25.3 Å². The molecular weight excluding hydrogens is 234 g/mol. The lowest BCUT2D eigenvalue weighted by Gasteiger charge is -2.23. The SMILES string of the molecule is CCCNCc1ccc(CN(C)C(C)CCC)nc1. The Balaban J connectivity index is 2.43. The first kappa shape index (κ1) is 16.1. The lowest BCUT2D eigenvalue weighted by molar-refractivity contribution is 0.234. The average molecular weight is 263 g/mol. The second-order valence-electron chi connectivity index (χ2n) is 5.39. The molecule has 0 aliphatic carbocycles. The molecule has 108 valence electrons. The molecule has 3 heteroatoms. The van der Waals surface area contributed by atoms with Crippen molar-refractivity contribution in [3.8, 4) is 0 Å². The Labute approximate surface area is 118 Å². The molecule has 1 aromatic heterocycles. The zero-order valence-electron chi connectivity index (χ0n) is 12.9. The molecule has 0 saturated heterocycles. The summed E-state index contributed by atoms with van der Waals surface area (Å²) < 4.78 is 0. The minimum atomic E-state index is 0.623. The Morgan fingerprint density at radius 1 is 1.26 bits per heavy atom. The van der Waals surface area contributed by atoms with Crippen molar-refractivity contribution < 1.29 is 0 Å². The van der Waals surface area contributed by atoms with E-state index in [0.29, 0.717) is 6.04 Å². The van der Waals surface area contributed by atoms with Gasteiger partial charge < -0.3 is 5.32 Å². The molecule has 0 bridgehead atoms. The van der Waals surface area contributed by atoms with Gasteiger partial charge in [-0.25, -0.2) is 0 Å². The topological polar surface area (TPSA) is 28.2 Å². The summed E-state index contributed by atoms with van der Waals surface area (Å²) in [6.45, 7) is 9.63. The van der Waals surface area contributed by atoms with Gasteiger partial charge in [-0.15, -0.1) is 0 Å². The van der Waals surface area contributed by atoms with Gasteiger partial charge in [0.1, 0.15) is 0 Å².